The van der Waals surface area contributed by atoms with E-state index in [-0.39, 0.29) is 0 Å². The van der Waals surface area contributed by atoms with Crippen LogP contribution in [0, 0.1) is 0 Å². The zero-order valence-electron chi connectivity index (χ0n) is 30.2. The van der Waals surface area contributed by atoms with Gasteiger partial charge >= 0.3 is 0 Å². The first-order valence-electron chi connectivity index (χ1n) is 19.0. The molecule has 262 valence electrons. The number of nitrogens with zero attached hydrogens (tertiary/aromatic N) is 2. The van der Waals surface area contributed by atoms with E-state index in [1.165, 1.54) is 47.4 Å². The summed E-state index contributed by atoms with van der Waals surface area (Å²) in [6.07, 6.45) is 0. The normalized spacial score (nSPS) is 11.9. The summed E-state index contributed by atoms with van der Waals surface area (Å²) < 4.78 is 11.9. The van der Waals surface area contributed by atoms with E-state index >= 15 is 0 Å². The topological polar surface area (TPSA) is 21.3 Å². The number of aromatic nitrogens is 1. The fourth-order valence-electron chi connectivity index (χ4n) is 8.96. The first kappa shape index (κ1) is 31.2. The number of furan rings is 1. The number of fused-ring (bicyclic) bond motifs is 11. The Morgan fingerprint density at radius 3 is 1.79 bits per heavy atom. The predicted molar refractivity (Wildman–Crippen MR) is 239 cm³/mol. The van der Waals surface area contributed by atoms with Crippen molar-refractivity contribution in [3.63, 3.8) is 0 Å². The van der Waals surface area contributed by atoms with E-state index in [1.807, 2.05) is 11.3 Å². The van der Waals surface area contributed by atoms with Crippen molar-refractivity contribution < 1.29 is 4.42 Å². The van der Waals surface area contributed by atoms with Gasteiger partial charge in [0.15, 0.2) is 0 Å². The highest BCUT2D eigenvalue weighted by atomic mass is 32.1. The fraction of sp³-hybridized carbons (Fsp3) is 0. The molecular formula is C52H32N2OS. The number of para-hydroxylation sites is 6. The number of hydrogen-bond donors (Lipinski definition) is 0. The van der Waals surface area contributed by atoms with Gasteiger partial charge in [-0.3, -0.25) is 0 Å². The molecule has 9 aromatic carbocycles. The molecule has 12 rings (SSSR count). The smallest absolute Gasteiger partial charge is 0.143 e. The van der Waals surface area contributed by atoms with E-state index in [0.29, 0.717) is 0 Å². The quantitative estimate of drug-likeness (QED) is 0.176. The minimum atomic E-state index is 0.891. The highest BCUT2D eigenvalue weighted by Crippen LogP contribution is 2.50. The standard InChI is InChI=1S/C52H32N2OS/c1-2-16-34-33(15-1)31-32-41-40-22-13-21-39(51(40)55-50(34)41)37-19-5-9-26-45(37)54(48-29-14-23-42-38-20-6-12-30-49(38)56-52(42)48)47-28-11-10-27-46(47)53-43-24-7-3-17-35(43)36-18-4-8-25-44(36)53/h1-32H. The van der Waals surface area contributed by atoms with Gasteiger partial charge in [-0.1, -0.05) is 146 Å². The summed E-state index contributed by atoms with van der Waals surface area (Å²) in [5, 5.41) is 9.54. The molecule has 0 atom stereocenters. The van der Waals surface area contributed by atoms with Gasteiger partial charge in [-0.05, 0) is 53.9 Å². The van der Waals surface area contributed by atoms with Crippen molar-refractivity contribution in [2.75, 3.05) is 4.90 Å². The van der Waals surface area contributed by atoms with Gasteiger partial charge < -0.3 is 13.9 Å². The molecule has 0 radical (unpaired) electrons. The summed E-state index contributed by atoms with van der Waals surface area (Å²) in [4.78, 5) is 2.49. The Balaban J connectivity index is 1.18. The highest BCUT2D eigenvalue weighted by Gasteiger charge is 2.26. The number of thiophene rings is 1. The maximum Gasteiger partial charge on any atom is 0.143 e. The average Bonchev–Trinajstić information content (AvgIpc) is 3.95. The van der Waals surface area contributed by atoms with Gasteiger partial charge in [-0.2, -0.15) is 0 Å². The van der Waals surface area contributed by atoms with Crippen molar-refractivity contribution in [2.45, 2.75) is 0 Å². The van der Waals surface area contributed by atoms with Crippen LogP contribution in [0.2, 0.25) is 0 Å². The molecule has 0 N–H and O–H groups in total. The molecule has 4 heteroatoms. The Morgan fingerprint density at radius 1 is 0.375 bits per heavy atom. The summed E-state index contributed by atoms with van der Waals surface area (Å²) in [6.45, 7) is 0. The van der Waals surface area contributed by atoms with Crippen LogP contribution in [0.15, 0.2) is 199 Å². The maximum atomic E-state index is 6.97. The first-order valence-corrected chi connectivity index (χ1v) is 19.8. The van der Waals surface area contributed by atoms with Crippen LogP contribution in [-0.2, 0) is 0 Å². The van der Waals surface area contributed by atoms with Crippen LogP contribution in [0.25, 0.3) is 91.5 Å². The van der Waals surface area contributed by atoms with Gasteiger partial charge in [0.25, 0.3) is 0 Å². The van der Waals surface area contributed by atoms with Crippen molar-refractivity contribution in [1.29, 1.82) is 0 Å². The SMILES string of the molecule is c1ccc(N(c2ccccc2-n2c3ccccc3c3ccccc32)c2cccc3c2sc2ccccc23)c(-c2cccc3c2oc2c4ccccc4ccc32)c1. The van der Waals surface area contributed by atoms with Gasteiger partial charge in [-0.15, -0.1) is 11.3 Å². The lowest BCUT2D eigenvalue weighted by Gasteiger charge is -2.30. The fourth-order valence-corrected chi connectivity index (χ4v) is 10.2. The molecule has 0 aliphatic rings. The number of rotatable bonds is 5. The summed E-state index contributed by atoms with van der Waals surface area (Å²) in [5.41, 5.74) is 10.7. The minimum absolute atomic E-state index is 0.891. The summed E-state index contributed by atoms with van der Waals surface area (Å²) >= 11 is 1.86. The second-order valence-electron chi connectivity index (χ2n) is 14.4. The molecule has 0 saturated carbocycles. The molecule has 0 aliphatic heterocycles. The largest absolute Gasteiger partial charge is 0.455 e. The van der Waals surface area contributed by atoms with Crippen molar-refractivity contribution in [3.8, 4) is 16.8 Å². The molecule has 56 heavy (non-hydrogen) atoms. The van der Waals surface area contributed by atoms with Crippen molar-refractivity contribution in [2.24, 2.45) is 0 Å². The van der Waals surface area contributed by atoms with Crippen LogP contribution >= 0.6 is 11.3 Å². The van der Waals surface area contributed by atoms with E-state index in [4.69, 9.17) is 4.42 Å². The highest BCUT2D eigenvalue weighted by molar-refractivity contribution is 7.26. The molecule has 0 fully saturated rings. The van der Waals surface area contributed by atoms with Crippen LogP contribution in [0.1, 0.15) is 0 Å². The minimum Gasteiger partial charge on any atom is -0.455 e. The summed E-state index contributed by atoms with van der Waals surface area (Å²) in [7, 11) is 0. The Hall–Kier alpha value is -7.14. The second-order valence-corrected chi connectivity index (χ2v) is 15.5. The molecule has 3 heterocycles. The third-order valence-electron chi connectivity index (χ3n) is 11.4. The molecule has 3 aromatic heterocycles. The van der Waals surface area contributed by atoms with Gasteiger partial charge in [-0.25, -0.2) is 0 Å². The molecule has 0 aliphatic carbocycles. The van der Waals surface area contributed by atoms with Crippen LogP contribution in [0.4, 0.5) is 17.1 Å². The Morgan fingerprint density at radius 2 is 0.946 bits per heavy atom. The molecule has 12 aromatic rings. The predicted octanol–water partition coefficient (Wildman–Crippen LogP) is 15.3. The monoisotopic (exact) mass is 732 g/mol. The first-order chi connectivity index (χ1) is 27.8. The lowest BCUT2D eigenvalue weighted by molar-refractivity contribution is 0.674. The third kappa shape index (κ3) is 4.51. The summed E-state index contributed by atoms with van der Waals surface area (Å²) in [6, 6.07) is 70.2. The zero-order chi connectivity index (χ0) is 36.7. The van der Waals surface area contributed by atoms with Gasteiger partial charge in [0.05, 0.1) is 38.5 Å². The van der Waals surface area contributed by atoms with E-state index in [1.54, 1.807) is 0 Å². The molecule has 0 saturated heterocycles. The number of anilines is 3. The van der Waals surface area contributed by atoms with Crippen molar-refractivity contribution in [1.82, 2.24) is 4.57 Å². The lowest BCUT2D eigenvalue weighted by atomic mass is 9.98. The molecule has 0 amide bonds. The molecule has 0 unspecified atom stereocenters. The van der Waals surface area contributed by atoms with Crippen molar-refractivity contribution >= 4 is 103 Å². The number of hydrogen-bond acceptors (Lipinski definition) is 3. The van der Waals surface area contributed by atoms with Gasteiger partial charge in [0, 0.05) is 53.5 Å². The Bertz CT molecular complexity index is 3460. The zero-order valence-corrected chi connectivity index (χ0v) is 31.0. The van der Waals surface area contributed by atoms with E-state index < -0.39 is 0 Å². The van der Waals surface area contributed by atoms with E-state index in [9.17, 15) is 0 Å². The molecular weight excluding hydrogens is 701 g/mol. The Kier molecular flexibility index (Phi) is 6.80. The third-order valence-corrected chi connectivity index (χ3v) is 12.6. The van der Waals surface area contributed by atoms with Gasteiger partial charge in [0.1, 0.15) is 11.2 Å². The van der Waals surface area contributed by atoms with E-state index in [2.05, 4.69) is 204 Å². The van der Waals surface area contributed by atoms with Crippen LogP contribution in [0.5, 0.6) is 0 Å². The van der Waals surface area contributed by atoms with Crippen molar-refractivity contribution in [3.05, 3.63) is 194 Å². The lowest BCUT2D eigenvalue weighted by Crippen LogP contribution is -2.14. The Labute approximate surface area is 326 Å². The van der Waals surface area contributed by atoms with E-state index in [0.717, 1.165) is 61.2 Å². The van der Waals surface area contributed by atoms with Crippen LogP contribution in [0.3, 0.4) is 0 Å². The second kappa shape index (κ2) is 12.2. The maximum absolute atomic E-state index is 6.97. The van der Waals surface area contributed by atoms with Gasteiger partial charge in [0.2, 0.25) is 0 Å². The molecule has 3 nitrogen and oxygen atoms in total. The molecule has 0 bridgehead atoms. The number of benzene rings is 9. The van der Waals surface area contributed by atoms with Crippen LogP contribution in [-0.4, -0.2) is 4.57 Å². The van der Waals surface area contributed by atoms with Crippen LogP contribution < -0.4 is 4.90 Å². The summed E-state index contributed by atoms with van der Waals surface area (Å²) in [5.74, 6) is 0. The average molecular weight is 733 g/mol. The molecule has 0 spiro atoms.